The molecule has 0 saturated heterocycles. The second-order valence-corrected chi connectivity index (χ2v) is 4.83. The standard InChI is InChI=1S/C17H15F3N2O2/c1-24-15(23)10-8-13-7-9-14(17(18,19)20)22-16(13)21-11-12-5-3-2-4-6-12/h2-10H,11H2,1H3,(H,21,22). The molecule has 0 aliphatic rings. The van der Waals surface area contributed by atoms with Crippen LogP contribution in [-0.4, -0.2) is 18.1 Å². The fraction of sp³-hybridized carbons (Fsp3) is 0.176. The van der Waals surface area contributed by atoms with Gasteiger partial charge in [0.2, 0.25) is 0 Å². The van der Waals surface area contributed by atoms with Gasteiger partial charge in [0, 0.05) is 18.2 Å². The quantitative estimate of drug-likeness (QED) is 0.665. The molecule has 0 unspecified atom stereocenters. The van der Waals surface area contributed by atoms with E-state index in [0.717, 1.165) is 17.7 Å². The number of carbonyl (C=O) groups excluding carboxylic acids is 1. The summed E-state index contributed by atoms with van der Waals surface area (Å²) in [7, 11) is 1.21. The van der Waals surface area contributed by atoms with E-state index >= 15 is 0 Å². The Hall–Kier alpha value is -2.83. The summed E-state index contributed by atoms with van der Waals surface area (Å²) in [5.74, 6) is -0.572. The van der Waals surface area contributed by atoms with Crippen molar-refractivity contribution in [3.63, 3.8) is 0 Å². The predicted molar refractivity (Wildman–Crippen MR) is 84.1 cm³/mol. The molecule has 0 fully saturated rings. The maximum absolute atomic E-state index is 12.8. The zero-order valence-corrected chi connectivity index (χ0v) is 12.8. The first-order valence-electron chi connectivity index (χ1n) is 7.02. The Kier molecular flexibility index (Phi) is 5.57. The van der Waals surface area contributed by atoms with Gasteiger partial charge in [-0.15, -0.1) is 0 Å². The summed E-state index contributed by atoms with van der Waals surface area (Å²) in [6.45, 7) is 0.300. The molecule has 2 aromatic rings. The minimum Gasteiger partial charge on any atom is -0.466 e. The number of pyridine rings is 1. The van der Waals surface area contributed by atoms with E-state index in [9.17, 15) is 18.0 Å². The van der Waals surface area contributed by atoms with Crippen LogP contribution in [0.3, 0.4) is 0 Å². The topological polar surface area (TPSA) is 51.2 Å². The van der Waals surface area contributed by atoms with Crippen LogP contribution in [0.2, 0.25) is 0 Å². The average Bonchev–Trinajstić information content (AvgIpc) is 2.58. The SMILES string of the molecule is COC(=O)C=Cc1ccc(C(F)(F)F)nc1NCc1ccccc1. The highest BCUT2D eigenvalue weighted by Gasteiger charge is 2.32. The van der Waals surface area contributed by atoms with Gasteiger partial charge in [0.05, 0.1) is 7.11 Å². The number of hydrogen-bond donors (Lipinski definition) is 1. The van der Waals surface area contributed by atoms with Crippen LogP contribution in [-0.2, 0) is 22.3 Å². The molecule has 7 heteroatoms. The monoisotopic (exact) mass is 336 g/mol. The van der Waals surface area contributed by atoms with Crippen molar-refractivity contribution in [2.45, 2.75) is 12.7 Å². The van der Waals surface area contributed by atoms with Crippen molar-refractivity contribution >= 4 is 17.9 Å². The number of carbonyl (C=O) groups is 1. The average molecular weight is 336 g/mol. The summed E-state index contributed by atoms with van der Waals surface area (Å²) >= 11 is 0. The number of ether oxygens (including phenoxy) is 1. The Labute approximate surface area is 137 Å². The van der Waals surface area contributed by atoms with E-state index in [1.807, 2.05) is 30.3 Å². The molecule has 1 aromatic heterocycles. The second kappa shape index (κ2) is 7.63. The number of hydrogen-bond acceptors (Lipinski definition) is 4. The summed E-state index contributed by atoms with van der Waals surface area (Å²) < 4.78 is 43.0. The number of nitrogens with zero attached hydrogens (tertiary/aromatic N) is 1. The molecule has 0 amide bonds. The van der Waals surface area contributed by atoms with Gasteiger partial charge in [0.15, 0.2) is 0 Å². The number of methoxy groups -OCH3 is 1. The molecular weight excluding hydrogens is 321 g/mol. The third kappa shape index (κ3) is 4.84. The molecule has 126 valence electrons. The van der Waals surface area contributed by atoms with Crippen LogP contribution in [0.1, 0.15) is 16.8 Å². The van der Waals surface area contributed by atoms with Crippen LogP contribution >= 0.6 is 0 Å². The lowest BCUT2D eigenvalue weighted by atomic mass is 10.2. The highest BCUT2D eigenvalue weighted by Crippen LogP contribution is 2.30. The van der Waals surface area contributed by atoms with Gasteiger partial charge in [0.25, 0.3) is 0 Å². The Balaban J connectivity index is 2.29. The van der Waals surface area contributed by atoms with Gasteiger partial charge in [-0.25, -0.2) is 9.78 Å². The van der Waals surface area contributed by atoms with Crippen molar-refractivity contribution in [3.8, 4) is 0 Å². The Morgan fingerprint density at radius 3 is 2.54 bits per heavy atom. The smallest absolute Gasteiger partial charge is 0.433 e. The van der Waals surface area contributed by atoms with Crippen molar-refractivity contribution in [1.29, 1.82) is 0 Å². The summed E-state index contributed by atoms with van der Waals surface area (Å²) in [4.78, 5) is 14.8. The van der Waals surface area contributed by atoms with E-state index in [1.165, 1.54) is 19.3 Å². The van der Waals surface area contributed by atoms with Gasteiger partial charge >= 0.3 is 12.1 Å². The van der Waals surface area contributed by atoms with Crippen molar-refractivity contribution < 1.29 is 22.7 Å². The van der Waals surface area contributed by atoms with E-state index < -0.39 is 17.8 Å². The Morgan fingerprint density at radius 2 is 1.92 bits per heavy atom. The van der Waals surface area contributed by atoms with Crippen molar-refractivity contribution in [2.24, 2.45) is 0 Å². The lowest BCUT2D eigenvalue weighted by Crippen LogP contribution is -2.11. The molecule has 0 saturated carbocycles. The molecule has 2 rings (SSSR count). The molecule has 0 radical (unpaired) electrons. The maximum Gasteiger partial charge on any atom is 0.433 e. The van der Waals surface area contributed by atoms with Crippen LogP contribution in [0.15, 0.2) is 48.5 Å². The molecule has 24 heavy (non-hydrogen) atoms. The normalized spacial score (nSPS) is 11.5. The van der Waals surface area contributed by atoms with E-state index in [2.05, 4.69) is 15.0 Å². The molecule has 0 aliphatic carbocycles. The summed E-state index contributed by atoms with van der Waals surface area (Å²) in [5.41, 5.74) is 0.234. The van der Waals surface area contributed by atoms with Crippen molar-refractivity contribution in [3.05, 3.63) is 65.4 Å². The molecule has 0 aliphatic heterocycles. The van der Waals surface area contributed by atoms with E-state index in [0.29, 0.717) is 12.1 Å². The summed E-state index contributed by atoms with van der Waals surface area (Å²) in [5, 5.41) is 2.87. The lowest BCUT2D eigenvalue weighted by Gasteiger charge is -2.12. The third-order valence-corrected chi connectivity index (χ3v) is 3.12. The number of nitrogens with one attached hydrogen (secondary N) is 1. The van der Waals surface area contributed by atoms with Crippen LogP contribution in [0.5, 0.6) is 0 Å². The molecular formula is C17H15F3N2O2. The highest BCUT2D eigenvalue weighted by atomic mass is 19.4. The van der Waals surface area contributed by atoms with Gasteiger partial charge in [-0.2, -0.15) is 13.2 Å². The Morgan fingerprint density at radius 1 is 1.21 bits per heavy atom. The molecule has 1 heterocycles. The minimum absolute atomic E-state index is 0.0360. The van der Waals surface area contributed by atoms with Gasteiger partial charge in [-0.05, 0) is 23.8 Å². The molecule has 1 N–H and O–H groups in total. The fourth-order valence-corrected chi connectivity index (χ4v) is 1.91. The van der Waals surface area contributed by atoms with Crippen LogP contribution in [0, 0.1) is 0 Å². The maximum atomic E-state index is 12.8. The van der Waals surface area contributed by atoms with Crippen molar-refractivity contribution in [1.82, 2.24) is 4.98 Å². The third-order valence-electron chi connectivity index (χ3n) is 3.12. The number of benzene rings is 1. The first-order chi connectivity index (χ1) is 11.4. The first kappa shape index (κ1) is 17.5. The molecule has 0 atom stereocenters. The van der Waals surface area contributed by atoms with Crippen LogP contribution in [0.25, 0.3) is 6.08 Å². The Bertz CT molecular complexity index is 728. The molecule has 0 spiro atoms. The zero-order chi connectivity index (χ0) is 17.6. The number of aromatic nitrogens is 1. The van der Waals surface area contributed by atoms with E-state index in [1.54, 1.807) is 0 Å². The van der Waals surface area contributed by atoms with E-state index in [-0.39, 0.29) is 5.82 Å². The molecule has 0 bridgehead atoms. The molecule has 1 aromatic carbocycles. The van der Waals surface area contributed by atoms with Gasteiger partial charge in [-0.1, -0.05) is 30.3 Å². The number of rotatable bonds is 5. The predicted octanol–water partition coefficient (Wildman–Crippen LogP) is 3.90. The number of halogens is 3. The van der Waals surface area contributed by atoms with Gasteiger partial charge in [0.1, 0.15) is 11.5 Å². The first-order valence-corrected chi connectivity index (χ1v) is 7.02. The largest absolute Gasteiger partial charge is 0.466 e. The highest BCUT2D eigenvalue weighted by molar-refractivity contribution is 5.88. The van der Waals surface area contributed by atoms with Crippen molar-refractivity contribution in [2.75, 3.05) is 12.4 Å². The van der Waals surface area contributed by atoms with Crippen LogP contribution in [0.4, 0.5) is 19.0 Å². The van der Waals surface area contributed by atoms with Gasteiger partial charge < -0.3 is 10.1 Å². The minimum atomic E-state index is -4.55. The summed E-state index contributed by atoms with van der Waals surface area (Å²) in [6, 6.07) is 11.3. The zero-order valence-electron chi connectivity index (χ0n) is 12.8. The number of esters is 1. The molecule has 4 nitrogen and oxygen atoms in total. The lowest BCUT2D eigenvalue weighted by molar-refractivity contribution is -0.141. The summed E-state index contributed by atoms with van der Waals surface area (Å²) in [6.07, 6.45) is -2.07. The van der Waals surface area contributed by atoms with Crippen LogP contribution < -0.4 is 5.32 Å². The fourth-order valence-electron chi connectivity index (χ4n) is 1.91. The number of anilines is 1. The van der Waals surface area contributed by atoms with Gasteiger partial charge in [-0.3, -0.25) is 0 Å². The second-order valence-electron chi connectivity index (χ2n) is 4.83. The number of alkyl halides is 3. The van der Waals surface area contributed by atoms with E-state index in [4.69, 9.17) is 0 Å².